The van der Waals surface area contributed by atoms with Gasteiger partial charge in [0.1, 0.15) is 12.2 Å². The van der Waals surface area contributed by atoms with Crippen molar-refractivity contribution < 1.29 is 53.4 Å². The second-order valence-corrected chi connectivity index (χ2v) is 10.5. The zero-order chi connectivity index (χ0) is 25.7. The summed E-state index contributed by atoms with van der Waals surface area (Å²) in [6, 6.07) is 0. The number of aliphatic hydroxyl groups excluding tert-OH is 3. The lowest BCUT2D eigenvalue weighted by Gasteiger charge is -2.67. The molecule has 0 aromatic heterocycles. The van der Waals surface area contributed by atoms with Gasteiger partial charge in [-0.1, -0.05) is 6.92 Å². The summed E-state index contributed by atoms with van der Waals surface area (Å²) in [6.45, 7) is 3.17. The largest absolute Gasteiger partial charge is 0.504 e. The Hall–Kier alpha value is -2.70. The van der Waals surface area contributed by atoms with Crippen molar-refractivity contribution in [2.75, 3.05) is 20.8 Å². The van der Waals surface area contributed by atoms with E-state index >= 15 is 0 Å². The van der Waals surface area contributed by atoms with Crippen molar-refractivity contribution in [2.45, 2.75) is 56.7 Å². The van der Waals surface area contributed by atoms with Crippen molar-refractivity contribution in [2.24, 2.45) is 28.6 Å². The molecule has 2 saturated heterocycles. The number of fused-ring (bicyclic) bond motifs is 2. The molecule has 35 heavy (non-hydrogen) atoms. The van der Waals surface area contributed by atoms with Gasteiger partial charge in [0.2, 0.25) is 11.7 Å². The summed E-state index contributed by atoms with van der Waals surface area (Å²) < 4.78 is 22.1. The molecule has 0 aromatic rings. The average molecular weight is 495 g/mol. The number of methoxy groups -OCH3 is 1. The summed E-state index contributed by atoms with van der Waals surface area (Å²) in [5.74, 6) is -5.48. The van der Waals surface area contributed by atoms with E-state index < -0.39 is 82.4 Å². The lowest BCUT2D eigenvalue weighted by atomic mass is 9.38. The molecule has 4 fully saturated rings. The van der Waals surface area contributed by atoms with E-state index in [-0.39, 0.29) is 25.2 Å². The van der Waals surface area contributed by atoms with Crippen LogP contribution in [0.25, 0.3) is 0 Å². The summed E-state index contributed by atoms with van der Waals surface area (Å²) in [5, 5.41) is 35.6. The van der Waals surface area contributed by atoms with Crippen LogP contribution in [-0.2, 0) is 33.3 Å². The highest BCUT2D eigenvalue weighted by Gasteiger charge is 2.85. The molecule has 12 heteroatoms. The van der Waals surface area contributed by atoms with Gasteiger partial charge in [0.05, 0.1) is 25.7 Å². The third kappa shape index (κ3) is 2.62. The summed E-state index contributed by atoms with van der Waals surface area (Å²) >= 11 is 0. The fraction of sp³-hybridized carbons (Fsp3) is 0.739. The van der Waals surface area contributed by atoms with Crippen molar-refractivity contribution in [3.8, 4) is 0 Å². The Labute approximate surface area is 200 Å². The SMILES string of the molecule is CNC(=O)O[C@H]1C(=O)O[C@@H]2C[C@H]3C(C)=C(O)C(=O)C[C@]3(C)[C@H]3[C@@H](O)[C@H](O)C4(C(=O)OC)OC[C@]32[C@@H]14. The van der Waals surface area contributed by atoms with Crippen molar-refractivity contribution in [1.29, 1.82) is 0 Å². The molecule has 4 N–H and O–H groups in total. The zero-order valence-corrected chi connectivity index (χ0v) is 19.8. The van der Waals surface area contributed by atoms with Crippen LogP contribution in [0.2, 0.25) is 0 Å². The molecule has 12 nitrogen and oxygen atoms in total. The summed E-state index contributed by atoms with van der Waals surface area (Å²) in [4.78, 5) is 51.3. The van der Waals surface area contributed by atoms with E-state index in [4.69, 9.17) is 18.9 Å². The number of esters is 2. The lowest BCUT2D eigenvalue weighted by Crippen LogP contribution is -2.79. The lowest BCUT2D eigenvalue weighted by molar-refractivity contribution is -0.288. The van der Waals surface area contributed by atoms with Gasteiger partial charge in [0.25, 0.3) is 0 Å². The fourth-order valence-electron chi connectivity index (χ4n) is 8.03. The smallest absolute Gasteiger partial charge is 0.407 e. The van der Waals surface area contributed by atoms with Crippen LogP contribution in [0, 0.1) is 28.6 Å². The molecule has 2 heterocycles. The standard InChI is InChI=1S/C23H29NO11/c1-8-9-5-11-22-7-33-23(19(30)32-4,16(22)14(18(29)34-11)35-20(31)24-3)17(28)13(27)15(22)21(9,2)6-10(25)12(8)26/h9,11,13-17,26-28H,5-7H2,1-4H3,(H,24,31)/t9-,11+,13+,14+,15+,16+,17-,21-,22+,23?/m0/s1. The Morgan fingerprint density at radius 3 is 2.51 bits per heavy atom. The van der Waals surface area contributed by atoms with E-state index in [1.807, 2.05) is 0 Å². The van der Waals surface area contributed by atoms with Gasteiger partial charge in [-0.3, -0.25) is 4.79 Å². The Bertz CT molecular complexity index is 1060. The van der Waals surface area contributed by atoms with Crippen molar-refractivity contribution in [3.05, 3.63) is 11.3 Å². The Morgan fingerprint density at radius 1 is 1.20 bits per heavy atom. The van der Waals surface area contributed by atoms with Gasteiger partial charge in [-0.05, 0) is 30.3 Å². The minimum absolute atomic E-state index is 0.142. The Morgan fingerprint density at radius 2 is 1.89 bits per heavy atom. The van der Waals surface area contributed by atoms with Crippen LogP contribution in [0.5, 0.6) is 0 Å². The number of aliphatic hydroxyl groups is 3. The number of ketones is 1. The maximum Gasteiger partial charge on any atom is 0.407 e. The van der Waals surface area contributed by atoms with Crippen LogP contribution < -0.4 is 5.32 Å². The summed E-state index contributed by atoms with van der Waals surface area (Å²) in [5.41, 5.74) is -4.10. The van der Waals surface area contributed by atoms with E-state index in [1.165, 1.54) is 7.05 Å². The highest BCUT2D eigenvalue weighted by molar-refractivity contribution is 5.95. The predicted octanol–water partition coefficient (Wildman–Crippen LogP) is -0.636. The monoisotopic (exact) mass is 495 g/mol. The van der Waals surface area contributed by atoms with Gasteiger partial charge in [-0.25, -0.2) is 14.4 Å². The molecule has 5 rings (SSSR count). The fourth-order valence-corrected chi connectivity index (χ4v) is 8.03. The number of amides is 1. The molecule has 2 aliphatic heterocycles. The van der Waals surface area contributed by atoms with Gasteiger partial charge >= 0.3 is 18.0 Å². The number of nitrogens with one attached hydrogen (secondary N) is 1. The first-order valence-corrected chi connectivity index (χ1v) is 11.5. The quantitative estimate of drug-likeness (QED) is 0.283. The van der Waals surface area contributed by atoms with Gasteiger partial charge in [-0.15, -0.1) is 0 Å². The maximum atomic E-state index is 13.2. The molecule has 2 bridgehead atoms. The van der Waals surface area contributed by atoms with Crippen LogP contribution in [-0.4, -0.2) is 89.9 Å². The molecule has 0 aromatic carbocycles. The molecule has 2 saturated carbocycles. The molecule has 1 spiro atoms. The van der Waals surface area contributed by atoms with Crippen molar-refractivity contribution >= 4 is 23.8 Å². The number of hydrogen-bond donors (Lipinski definition) is 4. The normalized spacial score (nSPS) is 47.9. The van der Waals surface area contributed by atoms with Gasteiger partial charge in [0, 0.05) is 24.8 Å². The molecule has 192 valence electrons. The second kappa shape index (κ2) is 7.40. The first-order chi connectivity index (χ1) is 16.4. The van der Waals surface area contributed by atoms with Gasteiger partial charge in [-0.2, -0.15) is 0 Å². The van der Waals surface area contributed by atoms with Crippen LogP contribution in [0.1, 0.15) is 26.7 Å². The third-order valence-electron chi connectivity index (χ3n) is 9.28. The second-order valence-electron chi connectivity index (χ2n) is 10.5. The molecular weight excluding hydrogens is 466 g/mol. The molecule has 1 unspecified atom stereocenters. The summed E-state index contributed by atoms with van der Waals surface area (Å²) in [6.07, 6.45) is -6.95. The van der Waals surface area contributed by atoms with E-state index in [0.29, 0.717) is 5.57 Å². The number of alkyl carbamates (subject to hydrolysis) is 1. The first-order valence-electron chi connectivity index (χ1n) is 11.5. The van der Waals surface area contributed by atoms with Crippen molar-refractivity contribution in [3.63, 3.8) is 0 Å². The van der Waals surface area contributed by atoms with Crippen molar-refractivity contribution in [1.82, 2.24) is 5.32 Å². The predicted molar refractivity (Wildman–Crippen MR) is 113 cm³/mol. The summed E-state index contributed by atoms with van der Waals surface area (Å²) in [7, 11) is 2.38. The molecular formula is C23H29NO11. The highest BCUT2D eigenvalue weighted by Crippen LogP contribution is 2.72. The number of ether oxygens (including phenoxy) is 4. The Kier molecular flexibility index (Phi) is 5.08. The number of hydrogen-bond acceptors (Lipinski definition) is 11. The minimum atomic E-state index is -2.21. The minimum Gasteiger partial charge on any atom is -0.504 e. The number of rotatable bonds is 2. The molecule has 1 amide bonds. The van der Waals surface area contributed by atoms with E-state index in [2.05, 4.69) is 5.32 Å². The van der Waals surface area contributed by atoms with E-state index in [0.717, 1.165) is 7.11 Å². The molecule has 5 aliphatic rings. The van der Waals surface area contributed by atoms with Crippen LogP contribution in [0.15, 0.2) is 11.3 Å². The zero-order valence-electron chi connectivity index (χ0n) is 19.8. The number of carbonyl (C=O) groups is 4. The number of Topliss-reactive ketones (excluding diaryl/α,β-unsaturated/α-hetero) is 1. The molecule has 3 aliphatic carbocycles. The highest BCUT2D eigenvalue weighted by atomic mass is 16.6. The van der Waals surface area contributed by atoms with E-state index in [9.17, 15) is 34.5 Å². The van der Waals surface area contributed by atoms with Crippen LogP contribution in [0.4, 0.5) is 4.79 Å². The molecule has 10 atom stereocenters. The molecule has 0 radical (unpaired) electrons. The van der Waals surface area contributed by atoms with Gasteiger partial charge < -0.3 is 39.6 Å². The first kappa shape index (κ1) is 24.0. The van der Waals surface area contributed by atoms with Crippen LogP contribution in [0.3, 0.4) is 0 Å². The van der Waals surface area contributed by atoms with Gasteiger partial charge in [0.15, 0.2) is 11.5 Å². The third-order valence-corrected chi connectivity index (χ3v) is 9.28. The average Bonchev–Trinajstić information content (AvgIpc) is 3.13. The number of allylic oxidation sites excluding steroid dienone is 2. The number of carbonyl (C=O) groups excluding carboxylic acids is 4. The van der Waals surface area contributed by atoms with E-state index in [1.54, 1.807) is 13.8 Å². The maximum absolute atomic E-state index is 13.2. The van der Waals surface area contributed by atoms with Crippen LogP contribution >= 0.6 is 0 Å². The topological polar surface area (TPSA) is 178 Å². The Balaban J connectivity index is 1.76.